The Kier molecular flexibility index (Phi) is 3.29. The number of rotatable bonds is 3. The Morgan fingerprint density at radius 3 is 3.00 bits per heavy atom. The third kappa shape index (κ3) is 2.26. The number of halogens is 1. The Labute approximate surface area is 138 Å². The van der Waals surface area contributed by atoms with Gasteiger partial charge in [-0.25, -0.2) is 0 Å². The summed E-state index contributed by atoms with van der Waals surface area (Å²) in [6.45, 7) is 1.67. The second-order valence-electron chi connectivity index (χ2n) is 6.28. The molecule has 3 nitrogen and oxygen atoms in total. The van der Waals surface area contributed by atoms with E-state index in [9.17, 15) is 9.90 Å². The number of hydrogen-bond donors (Lipinski definition) is 1. The molecule has 2 atom stereocenters. The average molecular weight is 334 g/mol. The fraction of sp³-hybridized carbons (Fsp3) is 0.353. The number of carbonyl (C=O) groups excluding carboxylic acids is 1. The van der Waals surface area contributed by atoms with Gasteiger partial charge < -0.3 is 10.0 Å². The van der Waals surface area contributed by atoms with Crippen molar-refractivity contribution in [3.63, 3.8) is 0 Å². The number of aliphatic hydroxyl groups is 1. The van der Waals surface area contributed by atoms with Crippen LogP contribution >= 0.6 is 22.9 Å². The zero-order valence-corrected chi connectivity index (χ0v) is 13.5. The van der Waals surface area contributed by atoms with Crippen molar-refractivity contribution in [2.24, 2.45) is 11.3 Å². The Balaban J connectivity index is 1.53. The molecule has 1 aromatic carbocycles. The molecule has 0 spiro atoms. The van der Waals surface area contributed by atoms with E-state index in [2.05, 4.69) is 0 Å². The van der Waals surface area contributed by atoms with Crippen LogP contribution in [0.1, 0.15) is 16.1 Å². The molecule has 2 aromatic rings. The lowest BCUT2D eigenvalue weighted by atomic mass is 10.1. The molecule has 114 valence electrons. The molecule has 1 N–H and O–H groups in total. The van der Waals surface area contributed by atoms with Gasteiger partial charge in [-0.2, -0.15) is 0 Å². The first-order valence-corrected chi connectivity index (χ1v) is 8.57. The van der Waals surface area contributed by atoms with E-state index in [1.165, 1.54) is 11.3 Å². The van der Waals surface area contributed by atoms with Crippen LogP contribution in [0.3, 0.4) is 0 Å². The van der Waals surface area contributed by atoms with Crippen molar-refractivity contribution >= 4 is 28.8 Å². The SMILES string of the molecule is O=C(c1ccc(-c2cccc(Cl)c2)s1)N1CC2CC2(CO)C1. The highest BCUT2D eigenvalue weighted by Crippen LogP contribution is 2.57. The minimum Gasteiger partial charge on any atom is -0.396 e. The Bertz CT molecular complexity index is 740. The van der Waals surface area contributed by atoms with Crippen molar-refractivity contribution in [3.05, 3.63) is 46.3 Å². The summed E-state index contributed by atoms with van der Waals surface area (Å²) in [7, 11) is 0. The van der Waals surface area contributed by atoms with Crippen molar-refractivity contribution in [2.75, 3.05) is 19.7 Å². The maximum Gasteiger partial charge on any atom is 0.263 e. The molecule has 1 aliphatic carbocycles. The molecule has 2 fully saturated rings. The largest absolute Gasteiger partial charge is 0.396 e. The van der Waals surface area contributed by atoms with E-state index in [1.54, 1.807) is 0 Å². The molecule has 4 rings (SSSR count). The number of piperidine rings is 1. The summed E-state index contributed by atoms with van der Waals surface area (Å²) in [6.07, 6.45) is 1.06. The molecule has 2 unspecified atom stereocenters. The summed E-state index contributed by atoms with van der Waals surface area (Å²) < 4.78 is 0. The molecular weight excluding hydrogens is 318 g/mol. The summed E-state index contributed by atoms with van der Waals surface area (Å²) in [5.74, 6) is 0.576. The number of carbonyl (C=O) groups is 1. The van der Waals surface area contributed by atoms with E-state index in [1.807, 2.05) is 41.3 Å². The molecule has 22 heavy (non-hydrogen) atoms. The standard InChI is InChI=1S/C17H16ClNO2S/c18-13-3-1-2-11(6-13)14-4-5-15(22-14)16(21)19-8-12-7-17(12,9-19)10-20/h1-6,12,20H,7-10H2. The highest BCUT2D eigenvalue weighted by molar-refractivity contribution is 7.17. The summed E-state index contributed by atoms with van der Waals surface area (Å²) in [4.78, 5) is 16.3. The van der Waals surface area contributed by atoms with E-state index in [0.29, 0.717) is 17.5 Å². The normalized spacial score (nSPS) is 26.1. The average Bonchev–Trinajstić information content (AvgIpc) is 2.92. The topological polar surface area (TPSA) is 40.5 Å². The highest BCUT2D eigenvalue weighted by atomic mass is 35.5. The van der Waals surface area contributed by atoms with Gasteiger partial charge in [-0.3, -0.25) is 4.79 Å². The van der Waals surface area contributed by atoms with Gasteiger partial charge in [0, 0.05) is 28.4 Å². The molecular formula is C17H16ClNO2S. The van der Waals surface area contributed by atoms with Crippen molar-refractivity contribution in [3.8, 4) is 10.4 Å². The molecule has 5 heteroatoms. The third-order valence-electron chi connectivity index (χ3n) is 4.83. The second-order valence-corrected chi connectivity index (χ2v) is 7.80. The number of aliphatic hydroxyl groups excluding tert-OH is 1. The van der Waals surface area contributed by atoms with Gasteiger partial charge in [0.2, 0.25) is 0 Å². The minimum absolute atomic E-state index is 0.00268. The van der Waals surface area contributed by atoms with Gasteiger partial charge in [-0.05, 0) is 42.2 Å². The fourth-order valence-corrected chi connectivity index (χ4v) is 4.56. The molecule has 1 aromatic heterocycles. The minimum atomic E-state index is 0.00268. The summed E-state index contributed by atoms with van der Waals surface area (Å²) in [5.41, 5.74) is 1.04. The van der Waals surface area contributed by atoms with Crippen LogP contribution in [-0.2, 0) is 0 Å². The number of amides is 1. The summed E-state index contributed by atoms with van der Waals surface area (Å²) >= 11 is 7.53. The Morgan fingerprint density at radius 2 is 2.27 bits per heavy atom. The van der Waals surface area contributed by atoms with Crippen LogP contribution in [-0.4, -0.2) is 35.6 Å². The Hall–Kier alpha value is -1.36. The van der Waals surface area contributed by atoms with Crippen molar-refractivity contribution < 1.29 is 9.90 Å². The molecule has 1 amide bonds. The zero-order valence-electron chi connectivity index (χ0n) is 12.0. The first kappa shape index (κ1) is 14.2. The van der Waals surface area contributed by atoms with E-state index in [-0.39, 0.29) is 17.9 Å². The number of thiophene rings is 1. The molecule has 1 saturated carbocycles. The number of likely N-dealkylation sites (tertiary alicyclic amines) is 1. The van der Waals surface area contributed by atoms with Crippen molar-refractivity contribution in [1.82, 2.24) is 4.90 Å². The van der Waals surface area contributed by atoms with Gasteiger partial charge >= 0.3 is 0 Å². The Morgan fingerprint density at radius 1 is 1.41 bits per heavy atom. The molecule has 2 aliphatic rings. The van der Waals surface area contributed by atoms with Gasteiger partial charge in [0.1, 0.15) is 0 Å². The number of nitrogens with zero attached hydrogens (tertiary/aromatic N) is 1. The smallest absolute Gasteiger partial charge is 0.263 e. The summed E-state index contributed by atoms with van der Waals surface area (Å²) in [6, 6.07) is 11.5. The summed E-state index contributed by atoms with van der Waals surface area (Å²) in [5, 5.41) is 10.2. The van der Waals surface area contributed by atoms with Crippen LogP contribution in [0.25, 0.3) is 10.4 Å². The van der Waals surface area contributed by atoms with Crippen LogP contribution in [0.5, 0.6) is 0 Å². The lowest BCUT2D eigenvalue weighted by Crippen LogP contribution is -2.32. The molecule has 1 saturated heterocycles. The van der Waals surface area contributed by atoms with E-state index in [0.717, 1.165) is 28.3 Å². The van der Waals surface area contributed by atoms with Crippen molar-refractivity contribution in [2.45, 2.75) is 6.42 Å². The monoisotopic (exact) mass is 333 g/mol. The molecule has 0 radical (unpaired) electrons. The van der Waals surface area contributed by atoms with Gasteiger partial charge in [0.15, 0.2) is 0 Å². The first-order chi connectivity index (χ1) is 10.6. The van der Waals surface area contributed by atoms with Crippen LogP contribution in [0, 0.1) is 11.3 Å². The van der Waals surface area contributed by atoms with E-state index >= 15 is 0 Å². The van der Waals surface area contributed by atoms with Crippen LogP contribution in [0.15, 0.2) is 36.4 Å². The van der Waals surface area contributed by atoms with E-state index < -0.39 is 0 Å². The zero-order chi connectivity index (χ0) is 15.3. The maximum absolute atomic E-state index is 12.6. The van der Waals surface area contributed by atoms with Gasteiger partial charge in [-0.15, -0.1) is 11.3 Å². The molecule has 2 heterocycles. The molecule has 0 bridgehead atoms. The van der Waals surface area contributed by atoms with Crippen molar-refractivity contribution in [1.29, 1.82) is 0 Å². The maximum atomic E-state index is 12.6. The number of hydrogen-bond acceptors (Lipinski definition) is 3. The number of fused-ring (bicyclic) bond motifs is 1. The van der Waals surface area contributed by atoms with Crippen LogP contribution < -0.4 is 0 Å². The second kappa shape index (κ2) is 5.08. The van der Waals surface area contributed by atoms with Gasteiger partial charge in [-0.1, -0.05) is 23.7 Å². The van der Waals surface area contributed by atoms with E-state index in [4.69, 9.17) is 11.6 Å². The van der Waals surface area contributed by atoms with Crippen LogP contribution in [0.2, 0.25) is 5.02 Å². The molecule has 1 aliphatic heterocycles. The third-order valence-corrected chi connectivity index (χ3v) is 6.19. The van der Waals surface area contributed by atoms with Crippen LogP contribution in [0.4, 0.5) is 0 Å². The predicted molar refractivity (Wildman–Crippen MR) is 88.3 cm³/mol. The van der Waals surface area contributed by atoms with Gasteiger partial charge in [0.05, 0.1) is 11.5 Å². The lowest BCUT2D eigenvalue weighted by Gasteiger charge is -2.19. The lowest BCUT2D eigenvalue weighted by molar-refractivity contribution is 0.0756. The predicted octanol–water partition coefficient (Wildman–Crippen LogP) is 3.52. The first-order valence-electron chi connectivity index (χ1n) is 7.37. The fourth-order valence-electron chi connectivity index (χ4n) is 3.40. The number of benzene rings is 1. The highest BCUT2D eigenvalue weighted by Gasteiger charge is 2.60. The van der Waals surface area contributed by atoms with Gasteiger partial charge in [0.25, 0.3) is 5.91 Å². The quantitative estimate of drug-likeness (QED) is 0.933.